The molecule has 0 aromatic rings. The van der Waals surface area contributed by atoms with E-state index in [1.807, 2.05) is 0 Å². The molecule has 0 aliphatic heterocycles. The molecule has 1 amide bonds. The molecule has 0 bridgehead atoms. The fourth-order valence-corrected chi connectivity index (χ4v) is 0. The quantitative estimate of drug-likeness (QED) is 0.235. The van der Waals surface area contributed by atoms with Crippen LogP contribution in [-0.4, -0.2) is 17.4 Å². The van der Waals surface area contributed by atoms with Gasteiger partial charge < -0.3 is 5.73 Å². The third kappa shape index (κ3) is 1350. The molecule has 0 rings (SSSR count). The van der Waals surface area contributed by atoms with E-state index in [9.17, 15) is 0 Å². The van der Waals surface area contributed by atoms with Crippen molar-refractivity contribution >= 4 is 27.3 Å². The summed E-state index contributed by atoms with van der Waals surface area (Å²) in [5, 5.41) is 0. The minimum atomic E-state index is 0. The maximum absolute atomic E-state index is 8.58. The second-order valence-corrected chi connectivity index (χ2v) is 0.136. The van der Waals surface area contributed by atoms with Crippen molar-refractivity contribution in [3.63, 3.8) is 0 Å². The van der Waals surface area contributed by atoms with Crippen LogP contribution in [0.3, 0.4) is 0 Å². The van der Waals surface area contributed by atoms with Crippen LogP contribution in [0.25, 0.3) is 0 Å². The molecule has 1 atom stereocenters. The summed E-state index contributed by atoms with van der Waals surface area (Å²) in [7, 11) is 0. The summed E-state index contributed by atoms with van der Waals surface area (Å²) in [4.78, 5) is 8.58. The molecule has 0 saturated carbocycles. The second kappa shape index (κ2) is 32.1. The van der Waals surface area contributed by atoms with Gasteiger partial charge in [0, 0.05) is 11.0 Å². The van der Waals surface area contributed by atoms with E-state index in [4.69, 9.17) is 4.79 Å². The molecule has 4 radical (unpaired) electrons. The summed E-state index contributed by atoms with van der Waals surface area (Å²) in [6, 6.07) is 0. The first-order chi connectivity index (χ1) is 1.41. The number of hydrogen-bond donors (Lipinski definition) is 1. The van der Waals surface area contributed by atoms with Gasteiger partial charge in [0.05, 0.1) is 0 Å². The van der Waals surface area contributed by atoms with Gasteiger partial charge >= 0.3 is 0 Å². The van der Waals surface area contributed by atoms with Crippen LogP contribution in [-0.2, 0) is 4.79 Å². The number of carbonyl (C=O) groups is 1. The molecule has 30 valence electrons. The Morgan fingerprint density at radius 2 is 1.60 bits per heavy atom. The molecule has 0 fully saturated rings. The van der Waals surface area contributed by atoms with Gasteiger partial charge in [-0.15, -0.1) is 0 Å². The van der Waals surface area contributed by atoms with Crippen LogP contribution in [0.4, 0.5) is 0 Å². The average Bonchev–Trinajstić information content (AvgIpc) is 0.918. The molecule has 0 spiro atoms. The van der Waals surface area contributed by atoms with Crippen molar-refractivity contribution in [2.45, 2.75) is 0 Å². The number of hydrogen-bond acceptors (Lipinski definition) is 1. The number of carbonyl (C=O) groups excluding carboxylic acids is 1. The lowest BCUT2D eigenvalue weighted by Gasteiger charge is -1.32. The Kier molecular flexibility index (Phi) is 124. The van der Waals surface area contributed by atoms with E-state index in [1.54, 1.807) is 0 Å². The predicted octanol–water partition coefficient (Wildman–Crippen LogP) is -1.22. The van der Waals surface area contributed by atoms with Gasteiger partial charge in [0.2, 0.25) is 6.41 Å². The normalized spacial score (nSPS) is 2.40. The lowest BCUT2D eigenvalue weighted by molar-refractivity contribution is -0.106. The molecule has 0 heterocycles. The van der Waals surface area contributed by atoms with E-state index < -0.39 is 0 Å². The van der Waals surface area contributed by atoms with Crippen molar-refractivity contribution in [3.05, 3.63) is 0 Å². The summed E-state index contributed by atoms with van der Waals surface area (Å²) in [5.74, 6) is 0. The molecule has 0 aromatic carbocycles. The van der Waals surface area contributed by atoms with Crippen molar-refractivity contribution in [2.24, 2.45) is 5.73 Å². The zero-order valence-corrected chi connectivity index (χ0v) is 5.18. The summed E-state index contributed by atoms with van der Waals surface area (Å²) in [5.41, 5.74) is 4.17. The van der Waals surface area contributed by atoms with Crippen LogP contribution in [0.1, 0.15) is 0 Å². The van der Waals surface area contributed by atoms with Crippen molar-refractivity contribution in [3.8, 4) is 0 Å². The van der Waals surface area contributed by atoms with E-state index in [0.717, 1.165) is 0 Å². The molecule has 0 aliphatic rings. The molecular formula is CH6NOPSi. The first-order valence-electron chi connectivity index (χ1n) is 0.569. The zero-order chi connectivity index (χ0) is 2.71. The lowest BCUT2D eigenvalue weighted by atomic mass is 11.5. The van der Waals surface area contributed by atoms with Crippen LogP contribution in [0, 0.1) is 0 Å². The van der Waals surface area contributed by atoms with Gasteiger partial charge in [0.15, 0.2) is 0 Å². The number of nitrogens with two attached hydrogens (primary N) is 1. The largest absolute Gasteiger partial charge is 0.372 e. The summed E-state index contributed by atoms with van der Waals surface area (Å²) < 4.78 is 0. The average molecular weight is 107 g/mol. The van der Waals surface area contributed by atoms with Crippen LogP contribution in [0.2, 0.25) is 0 Å². The van der Waals surface area contributed by atoms with Crippen LogP contribution in [0.5, 0.6) is 0 Å². The van der Waals surface area contributed by atoms with E-state index >= 15 is 0 Å². The standard InChI is InChI=1S/CH3NO.H3P.Si/c2-1-3;;/h1H,(H2,2,3);1H3;. The number of primary amides is 1. The minimum absolute atomic E-state index is 0. The fraction of sp³-hybridized carbons (Fsp3) is 0. The smallest absolute Gasteiger partial charge is 0.204 e. The van der Waals surface area contributed by atoms with Crippen LogP contribution < -0.4 is 5.73 Å². The molecule has 0 saturated heterocycles. The highest BCUT2D eigenvalue weighted by atomic mass is 31.0. The molecule has 0 aliphatic carbocycles. The second-order valence-electron chi connectivity index (χ2n) is 0.136. The Morgan fingerprint density at radius 1 is 1.60 bits per heavy atom. The Morgan fingerprint density at radius 3 is 1.60 bits per heavy atom. The van der Waals surface area contributed by atoms with Gasteiger partial charge in [-0.1, -0.05) is 0 Å². The van der Waals surface area contributed by atoms with Gasteiger partial charge in [0.1, 0.15) is 0 Å². The maximum atomic E-state index is 8.58. The van der Waals surface area contributed by atoms with E-state index in [2.05, 4.69) is 5.73 Å². The highest BCUT2D eigenvalue weighted by Gasteiger charge is 1.19. The molecule has 2 nitrogen and oxygen atoms in total. The Balaban J connectivity index is -0.0000000200. The summed E-state index contributed by atoms with van der Waals surface area (Å²) in [6.07, 6.45) is 0.250. The highest BCUT2D eigenvalue weighted by molar-refractivity contribution is 6.92. The van der Waals surface area contributed by atoms with E-state index in [-0.39, 0.29) is 27.3 Å². The van der Waals surface area contributed by atoms with Crippen LogP contribution in [0.15, 0.2) is 0 Å². The maximum Gasteiger partial charge on any atom is 0.204 e. The molecule has 4 heteroatoms. The van der Waals surface area contributed by atoms with Gasteiger partial charge in [-0.25, -0.2) is 0 Å². The van der Waals surface area contributed by atoms with Gasteiger partial charge in [-0.05, 0) is 0 Å². The fourth-order valence-electron chi connectivity index (χ4n) is 0. The Labute approximate surface area is 38.8 Å². The first kappa shape index (κ1) is 19.4. The lowest BCUT2D eigenvalue weighted by Crippen LogP contribution is -1.82. The van der Waals surface area contributed by atoms with Gasteiger partial charge in [-0.3, -0.25) is 4.79 Å². The van der Waals surface area contributed by atoms with Crippen LogP contribution >= 0.6 is 9.90 Å². The number of amides is 1. The third-order valence-corrected chi connectivity index (χ3v) is 0. The van der Waals surface area contributed by atoms with Gasteiger partial charge in [0.25, 0.3) is 0 Å². The molecule has 0 aromatic heterocycles. The topological polar surface area (TPSA) is 43.1 Å². The highest BCUT2D eigenvalue weighted by Crippen LogP contribution is 0.861. The Hall–Kier alpha value is 0.117. The zero-order valence-electron chi connectivity index (χ0n) is 2.77. The van der Waals surface area contributed by atoms with Crippen molar-refractivity contribution in [1.82, 2.24) is 0 Å². The molecular weight excluding hydrogens is 101 g/mol. The van der Waals surface area contributed by atoms with E-state index in [1.165, 1.54) is 0 Å². The molecule has 1 unspecified atom stereocenters. The summed E-state index contributed by atoms with van der Waals surface area (Å²) >= 11 is 0. The number of rotatable bonds is 0. The van der Waals surface area contributed by atoms with Crippen molar-refractivity contribution in [1.29, 1.82) is 0 Å². The van der Waals surface area contributed by atoms with Gasteiger partial charge in [-0.2, -0.15) is 9.90 Å². The van der Waals surface area contributed by atoms with Crippen molar-refractivity contribution < 1.29 is 4.79 Å². The molecule has 2 N–H and O–H groups in total. The van der Waals surface area contributed by atoms with E-state index in [0.29, 0.717) is 0 Å². The molecule has 5 heavy (non-hydrogen) atoms. The third-order valence-electron chi connectivity index (χ3n) is 0. The van der Waals surface area contributed by atoms with Crippen molar-refractivity contribution in [2.75, 3.05) is 0 Å². The Bertz CT molecular complexity index is 19.1. The SMILES string of the molecule is NC=O.P.[Si]. The minimum Gasteiger partial charge on any atom is -0.372 e. The predicted molar refractivity (Wildman–Crippen MR) is 27.1 cm³/mol. The summed E-state index contributed by atoms with van der Waals surface area (Å²) in [6.45, 7) is 0. The monoisotopic (exact) mass is 107 g/mol. The first-order valence-corrected chi connectivity index (χ1v) is 0.569.